The van der Waals surface area contributed by atoms with E-state index in [9.17, 15) is 0 Å². The molecule has 0 saturated carbocycles. The number of fused-ring (bicyclic) bond motifs is 1. The van der Waals surface area contributed by atoms with Gasteiger partial charge in [-0.05, 0) is 43.8 Å². The molecule has 3 rings (SSSR count). The SMILES string of the molecule is CN(C)[C@H]1Cc2ccccc2[C@H]1Oc1ccccc1. The van der Waals surface area contributed by atoms with Crippen molar-refractivity contribution >= 4 is 0 Å². The summed E-state index contributed by atoms with van der Waals surface area (Å²) in [7, 11) is 4.25. The van der Waals surface area contributed by atoms with E-state index in [1.165, 1.54) is 11.1 Å². The maximum atomic E-state index is 6.23. The third-order valence-corrected chi connectivity index (χ3v) is 3.81. The molecule has 0 aromatic heterocycles. The lowest BCUT2D eigenvalue weighted by Gasteiger charge is -2.27. The first-order chi connectivity index (χ1) is 9.25. The van der Waals surface area contributed by atoms with Crippen LogP contribution in [0.5, 0.6) is 5.75 Å². The smallest absolute Gasteiger partial charge is 0.140 e. The molecular weight excluding hydrogens is 234 g/mol. The van der Waals surface area contributed by atoms with Crippen LogP contribution in [-0.2, 0) is 6.42 Å². The molecule has 0 saturated heterocycles. The van der Waals surface area contributed by atoms with Crippen LogP contribution in [0.4, 0.5) is 0 Å². The first kappa shape index (κ1) is 12.2. The third-order valence-electron chi connectivity index (χ3n) is 3.81. The molecule has 0 amide bonds. The molecule has 0 N–H and O–H groups in total. The molecule has 0 aliphatic heterocycles. The van der Waals surface area contributed by atoms with Crippen LogP contribution in [0.25, 0.3) is 0 Å². The predicted octanol–water partition coefficient (Wildman–Crippen LogP) is 3.29. The molecule has 2 aromatic carbocycles. The van der Waals surface area contributed by atoms with E-state index in [4.69, 9.17) is 4.74 Å². The molecule has 1 aliphatic carbocycles. The lowest BCUT2D eigenvalue weighted by molar-refractivity contribution is 0.111. The fourth-order valence-corrected chi connectivity index (χ4v) is 2.78. The molecule has 2 aromatic rings. The maximum absolute atomic E-state index is 6.23. The normalized spacial score (nSPS) is 21.4. The molecule has 0 heterocycles. The summed E-state index contributed by atoms with van der Waals surface area (Å²) in [5, 5.41) is 0. The van der Waals surface area contributed by atoms with Crippen molar-refractivity contribution < 1.29 is 4.74 Å². The predicted molar refractivity (Wildman–Crippen MR) is 77.4 cm³/mol. The molecule has 2 heteroatoms. The summed E-state index contributed by atoms with van der Waals surface area (Å²) < 4.78 is 6.23. The minimum absolute atomic E-state index is 0.119. The Morgan fingerprint density at radius 3 is 2.37 bits per heavy atom. The number of ether oxygens (including phenoxy) is 1. The van der Waals surface area contributed by atoms with Crippen LogP contribution < -0.4 is 4.74 Å². The first-order valence-corrected chi connectivity index (χ1v) is 6.71. The van der Waals surface area contributed by atoms with Crippen LogP contribution in [-0.4, -0.2) is 25.0 Å². The third kappa shape index (κ3) is 2.36. The minimum atomic E-state index is 0.119. The van der Waals surface area contributed by atoms with Gasteiger partial charge in [0, 0.05) is 0 Å². The van der Waals surface area contributed by atoms with E-state index in [1.807, 2.05) is 30.3 Å². The summed E-state index contributed by atoms with van der Waals surface area (Å²) >= 11 is 0. The highest BCUT2D eigenvalue weighted by Gasteiger charge is 2.35. The topological polar surface area (TPSA) is 12.5 Å². The number of nitrogens with zero attached hydrogens (tertiary/aromatic N) is 1. The van der Waals surface area contributed by atoms with Crippen molar-refractivity contribution in [3.05, 3.63) is 65.7 Å². The Morgan fingerprint density at radius 2 is 1.63 bits per heavy atom. The Morgan fingerprint density at radius 1 is 0.947 bits per heavy atom. The zero-order chi connectivity index (χ0) is 13.2. The Kier molecular flexibility index (Phi) is 3.26. The number of rotatable bonds is 3. The summed E-state index contributed by atoms with van der Waals surface area (Å²) in [6.07, 6.45) is 1.18. The second kappa shape index (κ2) is 5.06. The van der Waals surface area contributed by atoms with E-state index in [-0.39, 0.29) is 6.10 Å². The van der Waals surface area contributed by atoms with E-state index < -0.39 is 0 Å². The van der Waals surface area contributed by atoms with Crippen molar-refractivity contribution in [3.8, 4) is 5.75 Å². The van der Waals surface area contributed by atoms with Crippen molar-refractivity contribution in [2.24, 2.45) is 0 Å². The van der Waals surface area contributed by atoms with E-state index in [0.717, 1.165) is 12.2 Å². The number of hydrogen-bond donors (Lipinski definition) is 0. The van der Waals surface area contributed by atoms with Gasteiger partial charge in [0.2, 0.25) is 0 Å². The van der Waals surface area contributed by atoms with Crippen LogP contribution in [0, 0.1) is 0 Å². The van der Waals surface area contributed by atoms with Crippen LogP contribution in [0.15, 0.2) is 54.6 Å². The first-order valence-electron chi connectivity index (χ1n) is 6.71. The Hall–Kier alpha value is -1.80. The lowest BCUT2D eigenvalue weighted by Crippen LogP contribution is -2.34. The molecule has 19 heavy (non-hydrogen) atoms. The average molecular weight is 253 g/mol. The molecule has 0 spiro atoms. The van der Waals surface area contributed by atoms with Crippen molar-refractivity contribution in [3.63, 3.8) is 0 Å². The highest BCUT2D eigenvalue weighted by Crippen LogP contribution is 2.36. The highest BCUT2D eigenvalue weighted by atomic mass is 16.5. The molecule has 1 aliphatic rings. The quantitative estimate of drug-likeness (QED) is 0.832. The van der Waals surface area contributed by atoms with Gasteiger partial charge in [-0.1, -0.05) is 42.5 Å². The van der Waals surface area contributed by atoms with Gasteiger partial charge in [0.1, 0.15) is 11.9 Å². The Labute approximate surface area is 114 Å². The van der Waals surface area contributed by atoms with Gasteiger partial charge in [-0.15, -0.1) is 0 Å². The fraction of sp³-hybridized carbons (Fsp3) is 0.294. The van der Waals surface area contributed by atoms with Gasteiger partial charge in [0.05, 0.1) is 6.04 Å². The van der Waals surface area contributed by atoms with Gasteiger partial charge in [0.25, 0.3) is 0 Å². The number of para-hydroxylation sites is 1. The standard InChI is InChI=1S/C17H19NO/c1-18(2)16-12-13-8-6-7-11-15(13)17(16)19-14-9-4-3-5-10-14/h3-11,16-17H,12H2,1-2H3/t16-,17+/m0/s1. The molecule has 0 unspecified atom stereocenters. The van der Waals surface area contributed by atoms with E-state index >= 15 is 0 Å². The number of hydrogen-bond acceptors (Lipinski definition) is 2. The van der Waals surface area contributed by atoms with Crippen molar-refractivity contribution in [2.45, 2.75) is 18.6 Å². The van der Waals surface area contributed by atoms with Crippen LogP contribution in [0.1, 0.15) is 17.2 Å². The van der Waals surface area contributed by atoms with Crippen molar-refractivity contribution in [1.29, 1.82) is 0 Å². The average Bonchev–Trinajstić information content (AvgIpc) is 2.79. The van der Waals surface area contributed by atoms with E-state index in [0.29, 0.717) is 6.04 Å². The summed E-state index contributed by atoms with van der Waals surface area (Å²) in [4.78, 5) is 2.26. The minimum Gasteiger partial charge on any atom is -0.484 e. The molecule has 98 valence electrons. The van der Waals surface area contributed by atoms with Crippen LogP contribution in [0.2, 0.25) is 0 Å². The van der Waals surface area contributed by atoms with Crippen molar-refractivity contribution in [1.82, 2.24) is 4.90 Å². The van der Waals surface area contributed by atoms with Crippen molar-refractivity contribution in [2.75, 3.05) is 14.1 Å². The van der Waals surface area contributed by atoms with Gasteiger partial charge in [-0.3, -0.25) is 0 Å². The number of benzene rings is 2. The molecule has 2 atom stereocenters. The lowest BCUT2D eigenvalue weighted by atomic mass is 10.1. The number of likely N-dealkylation sites (N-methyl/N-ethyl adjacent to an activating group) is 1. The summed E-state index contributed by atoms with van der Waals surface area (Å²) in [6, 6.07) is 19.1. The van der Waals surface area contributed by atoms with E-state index in [2.05, 4.69) is 43.3 Å². The van der Waals surface area contributed by atoms with Gasteiger partial charge < -0.3 is 9.64 Å². The molecule has 0 radical (unpaired) electrons. The second-order valence-electron chi connectivity index (χ2n) is 5.29. The summed E-state index contributed by atoms with van der Waals surface area (Å²) in [5.74, 6) is 0.941. The van der Waals surface area contributed by atoms with Crippen LogP contribution >= 0.6 is 0 Å². The van der Waals surface area contributed by atoms with Gasteiger partial charge in [-0.25, -0.2) is 0 Å². The summed E-state index contributed by atoms with van der Waals surface area (Å²) in [5.41, 5.74) is 2.73. The van der Waals surface area contributed by atoms with Crippen LogP contribution in [0.3, 0.4) is 0 Å². The maximum Gasteiger partial charge on any atom is 0.140 e. The summed E-state index contributed by atoms with van der Waals surface area (Å²) in [6.45, 7) is 0. The largest absolute Gasteiger partial charge is 0.484 e. The molecule has 2 nitrogen and oxygen atoms in total. The molecule has 0 fully saturated rings. The van der Waals surface area contributed by atoms with Gasteiger partial charge in [-0.2, -0.15) is 0 Å². The Balaban J connectivity index is 1.92. The van der Waals surface area contributed by atoms with Gasteiger partial charge >= 0.3 is 0 Å². The zero-order valence-corrected chi connectivity index (χ0v) is 11.4. The monoisotopic (exact) mass is 253 g/mol. The van der Waals surface area contributed by atoms with E-state index in [1.54, 1.807) is 0 Å². The fourth-order valence-electron chi connectivity index (χ4n) is 2.78. The van der Waals surface area contributed by atoms with Gasteiger partial charge in [0.15, 0.2) is 0 Å². The zero-order valence-electron chi connectivity index (χ0n) is 11.4. The molecular formula is C17H19NO. The molecule has 0 bridgehead atoms. The Bertz CT molecular complexity index is 550. The highest BCUT2D eigenvalue weighted by molar-refractivity contribution is 5.37. The second-order valence-corrected chi connectivity index (χ2v) is 5.29.